The molecule has 0 saturated heterocycles. The number of hydrogen-bond acceptors (Lipinski definition) is 6. The summed E-state index contributed by atoms with van der Waals surface area (Å²) < 4.78 is 5.01. The van der Waals surface area contributed by atoms with Crippen molar-refractivity contribution in [2.24, 2.45) is 0 Å². The lowest BCUT2D eigenvalue weighted by atomic mass is 10.1. The highest BCUT2D eigenvalue weighted by molar-refractivity contribution is 7.27. The van der Waals surface area contributed by atoms with Gasteiger partial charge in [0, 0.05) is 70.3 Å². The number of aryl methyl sites for hydroxylation is 2. The summed E-state index contributed by atoms with van der Waals surface area (Å²) in [4.78, 5) is 13.3. The van der Waals surface area contributed by atoms with E-state index in [2.05, 4.69) is 156 Å². The minimum atomic E-state index is 1.23. The van der Waals surface area contributed by atoms with E-state index in [-0.39, 0.29) is 0 Å². The van der Waals surface area contributed by atoms with Gasteiger partial charge in [0.2, 0.25) is 0 Å². The fraction of sp³-hybridized carbons (Fsp3) is 0.0455. The SMILES string of the molecule is Cc1ccc(-c2ccc(-c3ccc(-n4c5ccccc5c5c4ccc4c6ccccc6n(-c6ccc(-c7ccc(-c8ccc(C)s8)s7)s6)c45)s3)s2)s1. The Morgan fingerprint density at radius 1 is 0.327 bits per heavy atom. The van der Waals surface area contributed by atoms with E-state index >= 15 is 0 Å². The van der Waals surface area contributed by atoms with Gasteiger partial charge in [-0.15, -0.1) is 68.0 Å². The van der Waals surface area contributed by atoms with Gasteiger partial charge in [0.15, 0.2) is 0 Å². The van der Waals surface area contributed by atoms with E-state index in [1.54, 1.807) is 0 Å². The van der Waals surface area contributed by atoms with Crippen molar-refractivity contribution in [2.45, 2.75) is 13.8 Å². The minimum Gasteiger partial charge on any atom is -0.301 e. The lowest BCUT2D eigenvalue weighted by molar-refractivity contribution is 1.22. The van der Waals surface area contributed by atoms with Crippen molar-refractivity contribution >= 4 is 112 Å². The molecule has 0 spiro atoms. The third kappa shape index (κ3) is 4.83. The molecule has 0 unspecified atom stereocenters. The van der Waals surface area contributed by atoms with E-state index in [1.165, 1.54) is 102 Å². The average molecular weight is 777 g/mol. The van der Waals surface area contributed by atoms with Crippen LogP contribution in [0, 0.1) is 13.8 Å². The van der Waals surface area contributed by atoms with Crippen LogP contribution in [-0.2, 0) is 0 Å². The molecule has 8 heterocycles. The predicted octanol–water partition coefficient (Wildman–Crippen LogP) is 15.5. The van der Waals surface area contributed by atoms with E-state index in [0.29, 0.717) is 0 Å². The van der Waals surface area contributed by atoms with Crippen molar-refractivity contribution in [1.82, 2.24) is 9.13 Å². The first-order chi connectivity index (χ1) is 25.6. The van der Waals surface area contributed by atoms with Crippen LogP contribution in [-0.4, -0.2) is 9.13 Å². The maximum Gasteiger partial charge on any atom is 0.101 e. The highest BCUT2D eigenvalue weighted by atomic mass is 32.1. The van der Waals surface area contributed by atoms with Gasteiger partial charge in [-0.2, -0.15) is 0 Å². The predicted molar refractivity (Wildman–Crippen MR) is 234 cm³/mol. The fourth-order valence-electron chi connectivity index (χ4n) is 7.47. The standard InChI is InChI=1S/C44H28N2S6/c1-25-11-15-33(47-25)35-17-19-37(49-35)39-21-23-41(51-39)45-31-10-6-4-8-29(31)43-32(45)14-13-28-27-7-3-5-9-30(27)46(44(28)43)42-24-22-40(52-42)38-20-18-36(50-38)34-16-12-26(2)48-34/h3-24H,1-2H3. The quantitative estimate of drug-likeness (QED) is 0.159. The Hall–Kier alpha value is -4.54. The molecule has 8 heteroatoms. The zero-order valence-corrected chi connectivity index (χ0v) is 32.9. The highest BCUT2D eigenvalue weighted by Gasteiger charge is 2.22. The lowest BCUT2D eigenvalue weighted by Gasteiger charge is -2.07. The van der Waals surface area contributed by atoms with Crippen LogP contribution >= 0.6 is 68.0 Å². The highest BCUT2D eigenvalue weighted by Crippen LogP contribution is 2.47. The topological polar surface area (TPSA) is 9.86 Å². The van der Waals surface area contributed by atoms with Crippen LogP contribution in [0.25, 0.3) is 92.6 Å². The van der Waals surface area contributed by atoms with Gasteiger partial charge in [0.05, 0.1) is 22.1 Å². The van der Waals surface area contributed by atoms with E-state index in [1.807, 2.05) is 68.0 Å². The smallest absolute Gasteiger partial charge is 0.101 e. The molecule has 0 atom stereocenters. The molecule has 0 bridgehead atoms. The number of rotatable bonds is 6. The van der Waals surface area contributed by atoms with E-state index in [0.717, 1.165) is 0 Å². The first kappa shape index (κ1) is 31.0. The molecule has 8 aromatic heterocycles. The van der Waals surface area contributed by atoms with Gasteiger partial charge in [-0.25, -0.2) is 0 Å². The number of nitrogens with zero attached hydrogens (tertiary/aromatic N) is 2. The van der Waals surface area contributed by atoms with Crippen molar-refractivity contribution in [1.29, 1.82) is 0 Å². The molecular weight excluding hydrogens is 749 g/mol. The summed E-state index contributed by atoms with van der Waals surface area (Å²) in [6.45, 7) is 4.36. The van der Waals surface area contributed by atoms with Gasteiger partial charge < -0.3 is 4.57 Å². The molecule has 0 fully saturated rings. The molecule has 2 nitrogen and oxygen atoms in total. The van der Waals surface area contributed by atoms with Gasteiger partial charge in [-0.05, 0) is 105 Å². The average Bonchev–Trinajstić information content (AvgIpc) is 4.00. The molecule has 0 aliphatic carbocycles. The van der Waals surface area contributed by atoms with Crippen molar-refractivity contribution in [3.05, 3.63) is 143 Å². The second-order valence-electron chi connectivity index (χ2n) is 13.0. The molecule has 250 valence electrons. The Morgan fingerprint density at radius 3 is 1.33 bits per heavy atom. The zero-order chi connectivity index (χ0) is 34.5. The van der Waals surface area contributed by atoms with Gasteiger partial charge in [-0.1, -0.05) is 42.5 Å². The Morgan fingerprint density at radius 2 is 0.769 bits per heavy atom. The number of aromatic nitrogens is 2. The normalized spacial score (nSPS) is 12.0. The maximum atomic E-state index is 2.52. The van der Waals surface area contributed by atoms with Crippen LogP contribution in [0.4, 0.5) is 0 Å². The first-order valence-electron chi connectivity index (χ1n) is 17.1. The van der Waals surface area contributed by atoms with Crippen molar-refractivity contribution in [3.63, 3.8) is 0 Å². The molecule has 0 saturated carbocycles. The van der Waals surface area contributed by atoms with Crippen LogP contribution in [0.3, 0.4) is 0 Å². The van der Waals surface area contributed by atoms with Gasteiger partial charge >= 0.3 is 0 Å². The van der Waals surface area contributed by atoms with Crippen LogP contribution in [0.1, 0.15) is 9.75 Å². The van der Waals surface area contributed by atoms with Crippen LogP contribution < -0.4 is 0 Å². The van der Waals surface area contributed by atoms with Crippen molar-refractivity contribution < 1.29 is 0 Å². The van der Waals surface area contributed by atoms with Crippen LogP contribution in [0.15, 0.2) is 133 Å². The largest absolute Gasteiger partial charge is 0.301 e. The zero-order valence-electron chi connectivity index (χ0n) is 28.0. The van der Waals surface area contributed by atoms with Crippen molar-refractivity contribution in [2.75, 3.05) is 0 Å². The maximum absolute atomic E-state index is 2.52. The Labute approximate surface area is 324 Å². The van der Waals surface area contributed by atoms with Gasteiger partial charge in [0.1, 0.15) is 10.0 Å². The molecular formula is C44H28N2S6. The molecule has 11 rings (SSSR count). The lowest BCUT2D eigenvalue weighted by Crippen LogP contribution is -1.92. The number of para-hydroxylation sites is 2. The van der Waals surface area contributed by atoms with E-state index < -0.39 is 0 Å². The third-order valence-electron chi connectivity index (χ3n) is 9.76. The van der Waals surface area contributed by atoms with Gasteiger partial charge in [-0.3, -0.25) is 4.57 Å². The molecule has 0 aliphatic heterocycles. The van der Waals surface area contributed by atoms with Crippen LogP contribution in [0.5, 0.6) is 0 Å². The molecule has 52 heavy (non-hydrogen) atoms. The molecule has 0 amide bonds. The second-order valence-corrected chi connectivity index (χ2v) is 19.9. The van der Waals surface area contributed by atoms with Crippen molar-refractivity contribution in [3.8, 4) is 49.0 Å². The summed E-state index contributed by atoms with van der Waals surface area (Å²) in [6.07, 6.45) is 0. The number of benzene rings is 3. The Balaban J connectivity index is 1.09. The molecule has 0 radical (unpaired) electrons. The summed E-state index contributed by atoms with van der Waals surface area (Å²) in [5.41, 5.74) is 4.98. The minimum absolute atomic E-state index is 1.23. The second kappa shape index (κ2) is 12.0. The third-order valence-corrected chi connectivity index (χ3v) is 16.9. The Kier molecular flexibility index (Phi) is 7.16. The summed E-state index contributed by atoms with van der Waals surface area (Å²) in [5.74, 6) is 0. The van der Waals surface area contributed by atoms with E-state index in [9.17, 15) is 0 Å². The molecule has 0 N–H and O–H groups in total. The van der Waals surface area contributed by atoms with Gasteiger partial charge in [0.25, 0.3) is 0 Å². The molecule has 0 aliphatic rings. The molecule has 3 aromatic carbocycles. The monoisotopic (exact) mass is 776 g/mol. The fourth-order valence-corrected chi connectivity index (χ4v) is 13.6. The summed E-state index contributed by atoms with van der Waals surface area (Å²) in [7, 11) is 0. The molecule has 11 aromatic rings. The number of thiophene rings is 6. The summed E-state index contributed by atoms with van der Waals surface area (Å²) >= 11 is 11.3. The number of fused-ring (bicyclic) bond motifs is 7. The first-order valence-corrected chi connectivity index (χ1v) is 22.0. The van der Waals surface area contributed by atoms with E-state index in [4.69, 9.17) is 0 Å². The summed E-state index contributed by atoms with van der Waals surface area (Å²) in [6, 6.07) is 49.8. The number of hydrogen-bond donors (Lipinski definition) is 0. The van der Waals surface area contributed by atoms with Crippen LogP contribution in [0.2, 0.25) is 0 Å². The summed E-state index contributed by atoms with van der Waals surface area (Å²) in [5, 5.41) is 7.62. The Bertz CT molecular complexity index is 3120.